The molecule has 0 N–H and O–H groups in total. The normalized spacial score (nSPS) is 11.9. The number of ether oxygens (including phenoxy) is 1. The van der Waals surface area contributed by atoms with Crippen molar-refractivity contribution in [1.82, 2.24) is 0 Å². The molecule has 0 aromatic carbocycles. The number of carbonyl (C=O) groups is 1. The van der Waals surface area contributed by atoms with Gasteiger partial charge in [0, 0.05) is 6.42 Å². The summed E-state index contributed by atoms with van der Waals surface area (Å²) in [5.41, 5.74) is 0. The Bertz CT molecular complexity index is 327. The Balaban J connectivity index is 3.27. The first kappa shape index (κ1) is 20.7. The lowest BCUT2D eigenvalue weighted by molar-refractivity contribution is -0.143. The highest BCUT2D eigenvalue weighted by Gasteiger charge is 2.00. The minimum absolute atomic E-state index is 0.0522. The second-order valence-electron chi connectivity index (χ2n) is 5.41. The van der Waals surface area contributed by atoms with Crippen molar-refractivity contribution < 1.29 is 9.53 Å². The molecule has 0 rings (SSSR count). The molecule has 0 aliphatic heterocycles. The molecule has 0 atom stereocenters. The number of esters is 1. The van der Waals surface area contributed by atoms with E-state index in [4.69, 9.17) is 4.74 Å². The SMILES string of the molecule is CC/C=C\C/C=C\C/C=C\CCCCCCCC(=O)OCC. The highest BCUT2D eigenvalue weighted by Crippen LogP contribution is 2.08. The standard InChI is InChI=1S/C20H34O2/c1-3-5-6-7-8-9-10-11-12-13-14-15-16-17-18-19-20(21)22-4-2/h5-6,8-9,11-12H,3-4,7,10,13-19H2,1-2H3/b6-5-,9-8-,12-11-. The first-order valence-electron chi connectivity index (χ1n) is 8.91. The van der Waals surface area contributed by atoms with Crippen molar-refractivity contribution in [3.63, 3.8) is 0 Å². The largest absolute Gasteiger partial charge is 0.466 e. The van der Waals surface area contributed by atoms with E-state index in [2.05, 4.69) is 43.4 Å². The van der Waals surface area contributed by atoms with Crippen LogP contribution in [0.15, 0.2) is 36.5 Å². The maximum atomic E-state index is 11.1. The van der Waals surface area contributed by atoms with Gasteiger partial charge in [0.25, 0.3) is 0 Å². The molecule has 0 fully saturated rings. The van der Waals surface area contributed by atoms with Crippen molar-refractivity contribution in [3.05, 3.63) is 36.5 Å². The van der Waals surface area contributed by atoms with E-state index < -0.39 is 0 Å². The molecule has 22 heavy (non-hydrogen) atoms. The fraction of sp³-hybridized carbons (Fsp3) is 0.650. The van der Waals surface area contributed by atoms with E-state index in [1.54, 1.807) is 0 Å². The Kier molecular flexibility index (Phi) is 16.7. The van der Waals surface area contributed by atoms with E-state index in [9.17, 15) is 4.79 Å². The van der Waals surface area contributed by atoms with E-state index in [0.29, 0.717) is 13.0 Å². The zero-order chi connectivity index (χ0) is 16.3. The fourth-order valence-corrected chi connectivity index (χ4v) is 2.12. The zero-order valence-electron chi connectivity index (χ0n) is 14.6. The lowest BCUT2D eigenvalue weighted by Crippen LogP contribution is -2.03. The van der Waals surface area contributed by atoms with Gasteiger partial charge in [0.2, 0.25) is 0 Å². The minimum atomic E-state index is -0.0522. The van der Waals surface area contributed by atoms with Gasteiger partial charge in [-0.15, -0.1) is 0 Å². The van der Waals surface area contributed by atoms with E-state index in [-0.39, 0.29) is 5.97 Å². The third-order valence-electron chi connectivity index (χ3n) is 3.34. The topological polar surface area (TPSA) is 26.3 Å². The summed E-state index contributed by atoms with van der Waals surface area (Å²) >= 11 is 0. The van der Waals surface area contributed by atoms with E-state index in [1.165, 1.54) is 25.7 Å². The summed E-state index contributed by atoms with van der Waals surface area (Å²) in [6, 6.07) is 0. The minimum Gasteiger partial charge on any atom is -0.466 e. The van der Waals surface area contributed by atoms with Crippen LogP contribution in [0.4, 0.5) is 0 Å². The first-order valence-corrected chi connectivity index (χ1v) is 8.91. The van der Waals surface area contributed by atoms with Crippen LogP contribution in [0.3, 0.4) is 0 Å². The van der Waals surface area contributed by atoms with Crippen LogP contribution in [0.1, 0.15) is 78.1 Å². The van der Waals surface area contributed by atoms with Crippen LogP contribution in [-0.2, 0) is 9.53 Å². The summed E-state index contributed by atoms with van der Waals surface area (Å²) in [7, 11) is 0. The third-order valence-corrected chi connectivity index (χ3v) is 3.34. The summed E-state index contributed by atoms with van der Waals surface area (Å²) in [4.78, 5) is 11.1. The molecule has 0 bridgehead atoms. The summed E-state index contributed by atoms with van der Waals surface area (Å²) in [6.07, 6.45) is 24.2. The van der Waals surface area contributed by atoms with Crippen LogP contribution in [0.2, 0.25) is 0 Å². The van der Waals surface area contributed by atoms with Crippen LogP contribution in [0.5, 0.6) is 0 Å². The molecule has 126 valence electrons. The van der Waals surface area contributed by atoms with Gasteiger partial charge in [-0.05, 0) is 45.4 Å². The van der Waals surface area contributed by atoms with Crippen molar-refractivity contribution in [1.29, 1.82) is 0 Å². The molecule has 2 heteroatoms. The zero-order valence-corrected chi connectivity index (χ0v) is 14.6. The van der Waals surface area contributed by atoms with Crippen molar-refractivity contribution in [2.45, 2.75) is 78.1 Å². The van der Waals surface area contributed by atoms with Crippen LogP contribution in [0, 0.1) is 0 Å². The average Bonchev–Trinajstić information content (AvgIpc) is 2.51. The maximum Gasteiger partial charge on any atom is 0.305 e. The monoisotopic (exact) mass is 306 g/mol. The van der Waals surface area contributed by atoms with Crippen LogP contribution in [-0.4, -0.2) is 12.6 Å². The van der Waals surface area contributed by atoms with Crippen LogP contribution < -0.4 is 0 Å². The van der Waals surface area contributed by atoms with Gasteiger partial charge in [0.05, 0.1) is 6.61 Å². The summed E-state index contributed by atoms with van der Waals surface area (Å²) < 4.78 is 4.90. The van der Waals surface area contributed by atoms with Gasteiger partial charge in [-0.25, -0.2) is 0 Å². The summed E-state index contributed by atoms with van der Waals surface area (Å²) in [5.74, 6) is -0.0522. The molecule has 0 unspecified atom stereocenters. The van der Waals surface area contributed by atoms with Gasteiger partial charge in [-0.3, -0.25) is 4.79 Å². The first-order chi connectivity index (χ1) is 10.8. The molecular formula is C20H34O2. The Labute approximate surface area is 137 Å². The predicted octanol–water partition coefficient (Wildman–Crippen LogP) is 6.14. The number of carbonyl (C=O) groups excluding carboxylic acids is 1. The van der Waals surface area contributed by atoms with Gasteiger partial charge < -0.3 is 4.74 Å². The average molecular weight is 306 g/mol. The highest BCUT2D eigenvalue weighted by atomic mass is 16.5. The molecule has 0 aromatic rings. The lowest BCUT2D eigenvalue weighted by Gasteiger charge is -2.01. The Hall–Kier alpha value is -1.31. The smallest absolute Gasteiger partial charge is 0.305 e. The second kappa shape index (κ2) is 17.7. The van der Waals surface area contributed by atoms with Crippen molar-refractivity contribution in [2.75, 3.05) is 6.61 Å². The third kappa shape index (κ3) is 16.7. The molecule has 2 nitrogen and oxygen atoms in total. The predicted molar refractivity (Wildman–Crippen MR) is 95.9 cm³/mol. The number of rotatable bonds is 14. The molecule has 0 amide bonds. The van der Waals surface area contributed by atoms with Crippen molar-refractivity contribution >= 4 is 5.97 Å². The molecule has 0 saturated carbocycles. The number of hydrogen-bond acceptors (Lipinski definition) is 2. The fourth-order valence-electron chi connectivity index (χ4n) is 2.12. The Morgan fingerprint density at radius 1 is 0.773 bits per heavy atom. The van der Waals surface area contributed by atoms with Gasteiger partial charge >= 0.3 is 5.97 Å². The van der Waals surface area contributed by atoms with Gasteiger partial charge in [0.15, 0.2) is 0 Å². The van der Waals surface area contributed by atoms with Crippen LogP contribution >= 0.6 is 0 Å². The summed E-state index contributed by atoms with van der Waals surface area (Å²) in [5, 5.41) is 0. The molecule has 0 heterocycles. The number of allylic oxidation sites excluding steroid dienone is 6. The lowest BCUT2D eigenvalue weighted by atomic mass is 10.1. The Morgan fingerprint density at radius 3 is 2.05 bits per heavy atom. The molecule has 0 saturated heterocycles. The molecule has 0 aliphatic rings. The van der Waals surface area contributed by atoms with Crippen molar-refractivity contribution in [3.8, 4) is 0 Å². The highest BCUT2D eigenvalue weighted by molar-refractivity contribution is 5.69. The van der Waals surface area contributed by atoms with Gasteiger partial charge in [-0.2, -0.15) is 0 Å². The van der Waals surface area contributed by atoms with E-state index in [1.807, 2.05) is 6.92 Å². The molecule has 0 spiro atoms. The van der Waals surface area contributed by atoms with Crippen LogP contribution in [0.25, 0.3) is 0 Å². The number of hydrogen-bond donors (Lipinski definition) is 0. The quantitative estimate of drug-likeness (QED) is 0.219. The van der Waals surface area contributed by atoms with E-state index in [0.717, 1.165) is 32.1 Å². The molecule has 0 aliphatic carbocycles. The number of unbranched alkanes of at least 4 members (excludes halogenated alkanes) is 5. The van der Waals surface area contributed by atoms with Crippen molar-refractivity contribution in [2.24, 2.45) is 0 Å². The molecule has 0 aromatic heterocycles. The summed E-state index contributed by atoms with van der Waals surface area (Å²) in [6.45, 7) is 4.50. The molecular weight excluding hydrogens is 272 g/mol. The second-order valence-corrected chi connectivity index (χ2v) is 5.41. The Morgan fingerprint density at radius 2 is 1.36 bits per heavy atom. The van der Waals surface area contributed by atoms with Gasteiger partial charge in [-0.1, -0.05) is 62.6 Å². The molecule has 0 radical (unpaired) electrons. The van der Waals surface area contributed by atoms with Gasteiger partial charge in [0.1, 0.15) is 0 Å². The maximum absolute atomic E-state index is 11.1. The van der Waals surface area contributed by atoms with E-state index >= 15 is 0 Å².